The molecule has 1 aromatic heterocycles. The molecule has 21 heavy (non-hydrogen) atoms. The summed E-state index contributed by atoms with van der Waals surface area (Å²) in [7, 11) is 0. The molecule has 2 aromatic rings. The van der Waals surface area contributed by atoms with Gasteiger partial charge in [0.15, 0.2) is 0 Å². The first-order chi connectivity index (χ1) is 9.97. The Bertz CT molecular complexity index is 654. The lowest BCUT2D eigenvalue weighted by molar-refractivity contribution is -0.116. The number of primary amides is 1. The summed E-state index contributed by atoms with van der Waals surface area (Å²) in [6, 6.07) is 8.65. The molecule has 1 aromatic carbocycles. The molecule has 0 spiro atoms. The summed E-state index contributed by atoms with van der Waals surface area (Å²) < 4.78 is 0.967. The minimum atomic E-state index is -0.555. The van der Waals surface area contributed by atoms with E-state index < -0.39 is 11.9 Å². The van der Waals surface area contributed by atoms with Crippen molar-refractivity contribution in [2.75, 3.05) is 10.6 Å². The van der Waals surface area contributed by atoms with E-state index in [1.54, 1.807) is 18.4 Å². The molecule has 4 N–H and O–H groups in total. The number of carbonyl (C=O) groups is 2. The van der Waals surface area contributed by atoms with Crippen molar-refractivity contribution in [2.24, 2.45) is 5.73 Å². The second-order valence-electron chi connectivity index (χ2n) is 4.39. The molecule has 0 unspecified atom stereocenters. The van der Waals surface area contributed by atoms with Crippen LogP contribution in [0.3, 0.4) is 0 Å². The Hall–Kier alpha value is -1.86. The molecule has 5 nitrogen and oxygen atoms in total. The van der Waals surface area contributed by atoms with Crippen LogP contribution in [-0.4, -0.2) is 17.9 Å². The van der Waals surface area contributed by atoms with Crippen LogP contribution in [0.1, 0.15) is 17.3 Å². The number of amides is 2. The topological polar surface area (TPSA) is 84.2 Å². The van der Waals surface area contributed by atoms with Crippen molar-refractivity contribution in [1.29, 1.82) is 0 Å². The second kappa shape index (κ2) is 6.73. The molecule has 0 aliphatic carbocycles. The Balaban J connectivity index is 2.01. The van der Waals surface area contributed by atoms with E-state index in [4.69, 9.17) is 5.73 Å². The van der Waals surface area contributed by atoms with Gasteiger partial charge in [-0.2, -0.15) is 0 Å². The van der Waals surface area contributed by atoms with Crippen molar-refractivity contribution in [1.82, 2.24) is 0 Å². The number of benzene rings is 1. The van der Waals surface area contributed by atoms with Crippen LogP contribution < -0.4 is 16.4 Å². The van der Waals surface area contributed by atoms with Gasteiger partial charge in [-0.25, -0.2) is 0 Å². The highest BCUT2D eigenvalue weighted by Gasteiger charge is 2.17. The number of nitrogens with two attached hydrogens (primary N) is 1. The fourth-order valence-corrected chi connectivity index (χ4v) is 2.74. The average Bonchev–Trinajstić information content (AvgIpc) is 2.89. The first-order valence-electron chi connectivity index (χ1n) is 6.17. The van der Waals surface area contributed by atoms with Crippen LogP contribution in [0.15, 0.2) is 40.2 Å². The number of halogens is 1. The number of hydrogen-bond acceptors (Lipinski definition) is 4. The van der Waals surface area contributed by atoms with Crippen LogP contribution in [0.25, 0.3) is 0 Å². The third kappa shape index (κ3) is 4.05. The summed E-state index contributed by atoms with van der Waals surface area (Å²) in [4.78, 5) is 23.3. The molecule has 0 aliphatic rings. The van der Waals surface area contributed by atoms with E-state index in [9.17, 15) is 9.59 Å². The Morgan fingerprint density at radius 2 is 1.90 bits per heavy atom. The fourth-order valence-electron chi connectivity index (χ4n) is 1.68. The van der Waals surface area contributed by atoms with E-state index in [0.717, 1.165) is 10.2 Å². The molecule has 0 radical (unpaired) electrons. The lowest BCUT2D eigenvalue weighted by Crippen LogP contribution is -2.32. The van der Waals surface area contributed by atoms with E-state index in [1.807, 2.05) is 24.3 Å². The van der Waals surface area contributed by atoms with Gasteiger partial charge in [0.1, 0.15) is 11.0 Å². The number of carbonyl (C=O) groups excluding carboxylic acids is 2. The first-order valence-corrected chi connectivity index (χ1v) is 7.85. The maximum absolute atomic E-state index is 12.1. The van der Waals surface area contributed by atoms with Crippen LogP contribution in [0.5, 0.6) is 0 Å². The lowest BCUT2D eigenvalue weighted by Gasteiger charge is -2.15. The van der Waals surface area contributed by atoms with Crippen molar-refractivity contribution in [2.45, 2.75) is 13.0 Å². The molecule has 1 heterocycles. The predicted octanol–water partition coefficient (Wildman–Crippen LogP) is 3.05. The van der Waals surface area contributed by atoms with Gasteiger partial charge in [-0.15, -0.1) is 11.3 Å². The molecule has 0 fully saturated rings. The number of thiophene rings is 1. The van der Waals surface area contributed by atoms with Crippen molar-refractivity contribution < 1.29 is 9.59 Å². The van der Waals surface area contributed by atoms with E-state index in [1.165, 1.54) is 11.3 Å². The summed E-state index contributed by atoms with van der Waals surface area (Å²) >= 11 is 4.62. The quantitative estimate of drug-likeness (QED) is 0.759. The SMILES string of the molecule is C[C@H](Nc1ccc(Br)cc1)C(=O)Nc1sccc1C(N)=O. The summed E-state index contributed by atoms with van der Waals surface area (Å²) in [6.07, 6.45) is 0. The minimum absolute atomic E-state index is 0.233. The fraction of sp³-hybridized carbons (Fsp3) is 0.143. The number of hydrogen-bond donors (Lipinski definition) is 3. The Morgan fingerprint density at radius 3 is 2.52 bits per heavy atom. The number of anilines is 2. The largest absolute Gasteiger partial charge is 0.374 e. The van der Waals surface area contributed by atoms with Crippen LogP contribution in [0.4, 0.5) is 10.7 Å². The highest BCUT2D eigenvalue weighted by atomic mass is 79.9. The zero-order valence-corrected chi connectivity index (χ0v) is 13.6. The molecule has 1 atom stereocenters. The predicted molar refractivity (Wildman–Crippen MR) is 88.7 cm³/mol. The maximum Gasteiger partial charge on any atom is 0.251 e. The van der Waals surface area contributed by atoms with E-state index in [2.05, 4.69) is 26.6 Å². The van der Waals surface area contributed by atoms with Gasteiger partial charge in [-0.1, -0.05) is 15.9 Å². The molecule has 2 rings (SSSR count). The van der Waals surface area contributed by atoms with Crippen molar-refractivity contribution in [3.63, 3.8) is 0 Å². The van der Waals surface area contributed by atoms with Crippen LogP contribution in [-0.2, 0) is 4.79 Å². The van der Waals surface area contributed by atoms with E-state index >= 15 is 0 Å². The molecule has 2 amide bonds. The molecule has 0 saturated carbocycles. The highest BCUT2D eigenvalue weighted by Crippen LogP contribution is 2.23. The van der Waals surface area contributed by atoms with Gasteiger partial charge in [0.05, 0.1) is 5.56 Å². The molecular formula is C14H14BrN3O2S. The van der Waals surface area contributed by atoms with Gasteiger partial charge in [-0.3, -0.25) is 9.59 Å². The maximum atomic E-state index is 12.1. The highest BCUT2D eigenvalue weighted by molar-refractivity contribution is 9.10. The zero-order chi connectivity index (χ0) is 15.4. The van der Waals surface area contributed by atoms with Crippen molar-refractivity contribution in [3.05, 3.63) is 45.7 Å². The second-order valence-corrected chi connectivity index (χ2v) is 6.22. The van der Waals surface area contributed by atoms with Gasteiger partial charge in [0.2, 0.25) is 5.91 Å². The summed E-state index contributed by atoms with van der Waals surface area (Å²) in [5.74, 6) is -0.789. The monoisotopic (exact) mass is 367 g/mol. The summed E-state index contributed by atoms with van der Waals surface area (Å²) in [5, 5.41) is 7.98. The molecule has 110 valence electrons. The zero-order valence-electron chi connectivity index (χ0n) is 11.2. The lowest BCUT2D eigenvalue weighted by atomic mass is 10.2. The van der Waals surface area contributed by atoms with Crippen LogP contribution in [0.2, 0.25) is 0 Å². The smallest absolute Gasteiger partial charge is 0.251 e. The molecule has 0 bridgehead atoms. The van der Waals surface area contributed by atoms with E-state index in [-0.39, 0.29) is 5.91 Å². The molecule has 7 heteroatoms. The van der Waals surface area contributed by atoms with Crippen molar-refractivity contribution in [3.8, 4) is 0 Å². The van der Waals surface area contributed by atoms with E-state index in [0.29, 0.717) is 10.6 Å². The third-order valence-electron chi connectivity index (χ3n) is 2.79. The van der Waals surface area contributed by atoms with Gasteiger partial charge in [-0.05, 0) is 42.6 Å². The first kappa shape index (κ1) is 15.5. The van der Waals surface area contributed by atoms with Gasteiger partial charge in [0.25, 0.3) is 5.91 Å². The van der Waals surface area contributed by atoms with Crippen LogP contribution >= 0.6 is 27.3 Å². The normalized spacial score (nSPS) is 11.7. The third-order valence-corrected chi connectivity index (χ3v) is 4.15. The number of nitrogens with one attached hydrogen (secondary N) is 2. The Morgan fingerprint density at radius 1 is 1.24 bits per heavy atom. The Labute approximate surface area is 134 Å². The summed E-state index contributed by atoms with van der Waals surface area (Å²) in [6.45, 7) is 1.74. The van der Waals surface area contributed by atoms with Gasteiger partial charge >= 0.3 is 0 Å². The number of rotatable bonds is 5. The molecular weight excluding hydrogens is 354 g/mol. The van der Waals surface area contributed by atoms with Crippen molar-refractivity contribution >= 4 is 49.8 Å². The summed E-state index contributed by atoms with van der Waals surface area (Å²) in [5.41, 5.74) is 6.40. The minimum Gasteiger partial charge on any atom is -0.374 e. The van der Waals surface area contributed by atoms with Crippen LogP contribution in [0, 0.1) is 0 Å². The van der Waals surface area contributed by atoms with Gasteiger partial charge < -0.3 is 16.4 Å². The molecule has 0 saturated heterocycles. The van der Waals surface area contributed by atoms with Gasteiger partial charge in [0, 0.05) is 10.2 Å². The Kier molecular flexibility index (Phi) is 4.98. The average molecular weight is 368 g/mol. The molecule has 0 aliphatic heterocycles. The standard InChI is InChI=1S/C14H14BrN3O2S/c1-8(17-10-4-2-9(15)3-5-10)13(20)18-14-11(12(16)19)6-7-21-14/h2-8,17H,1H3,(H2,16,19)(H,18,20)/t8-/m0/s1.